The lowest BCUT2D eigenvalue weighted by Crippen LogP contribution is -2.17. The number of rotatable bonds is 12. The van der Waals surface area contributed by atoms with Crippen LogP contribution in [0.5, 0.6) is 5.75 Å². The zero-order chi connectivity index (χ0) is 72.4. The quantitative estimate of drug-likeness (QED) is 0.0542. The Balaban J connectivity index is 0.000000109. The third-order valence-corrected chi connectivity index (χ3v) is 19.1. The summed E-state index contributed by atoms with van der Waals surface area (Å²) in [5.41, 5.74) is 20.1. The average Bonchev–Trinajstić information content (AvgIpc) is 1.56. The van der Waals surface area contributed by atoms with E-state index in [1.807, 2.05) is 185 Å². The molecule has 2 aliphatic heterocycles. The minimum Gasteiger partial charge on any atom is -0.497 e. The standard InChI is InChI=1S/C26H23N5O.C21H16N4O2.C18H18N4O2.C17H16N4O/c1-16-28-20-10-9-19(15-21(20)29-16)31-23-11-8-17(24(32)27-2)14-22(23)30-25(31)26(12-13-26)18-6-4-3-5-7-18;26-19(13-6-2-1-3-7-13)20-22-16-8-4-5-9-18(16)25(20)14-10-11-15-17(12-14)24-21(27)23-15;1-10(2)17-19-15-9-12(24-3)5-7-16(15)22(17)11-4-6-13-14(8-11)21-18(23)20-13;1-10(22)17-20-14-5-3-4-6-16(14)21(17)12-7-8-13-15(9-12)19-11(2)18-13/h3-11,14-15,28-29H,1,12-13H2,2H3,(H,27,32);1-12,19,26H,(H2,23,24,27);4-10H,1-3H3,(H2,20,21,23);3-10,18-19,22H,2H2,1H3. The van der Waals surface area contributed by atoms with Crippen LogP contribution in [0.2, 0.25) is 0 Å². The maximum absolute atomic E-state index is 12.2. The molecule has 8 heterocycles. The Hall–Kier alpha value is -13.5. The van der Waals surface area contributed by atoms with Crippen LogP contribution in [-0.2, 0) is 5.41 Å². The molecule has 1 fully saturated rings. The van der Waals surface area contributed by atoms with Gasteiger partial charge >= 0.3 is 11.4 Å². The second-order valence-electron chi connectivity index (χ2n) is 26.4. The molecule has 0 saturated heterocycles. The smallest absolute Gasteiger partial charge is 0.323 e. The van der Waals surface area contributed by atoms with Gasteiger partial charge in [-0.15, -0.1) is 0 Å². The number of anilines is 4. The third-order valence-electron chi connectivity index (χ3n) is 19.1. The summed E-state index contributed by atoms with van der Waals surface area (Å²) in [7, 11) is 3.29. The fraction of sp³-hybridized carbons (Fsp3) is 0.134. The summed E-state index contributed by atoms with van der Waals surface area (Å²) in [6, 6.07) is 71.1. The number of carbonyl (C=O) groups excluding carboxylic acids is 1. The van der Waals surface area contributed by atoms with Crippen molar-refractivity contribution in [3.05, 3.63) is 304 Å². The molecule has 105 heavy (non-hydrogen) atoms. The van der Waals surface area contributed by atoms with Gasteiger partial charge in [-0.3, -0.25) is 23.1 Å². The number of hydrogen-bond donors (Lipinski definition) is 11. The number of nitrogens with one attached hydrogen (secondary N) is 9. The van der Waals surface area contributed by atoms with Gasteiger partial charge in [-0.05, 0) is 158 Å². The van der Waals surface area contributed by atoms with Gasteiger partial charge in [0.15, 0.2) is 0 Å². The van der Waals surface area contributed by atoms with E-state index in [2.05, 4.69) is 135 Å². The van der Waals surface area contributed by atoms with Crippen molar-refractivity contribution >= 4 is 94.9 Å². The Morgan fingerprint density at radius 2 is 0.933 bits per heavy atom. The SMILES string of the molecule is C=C1Nc2ccc(-n3c(C(C)O)nc4ccccc43)cc2N1.C=C1Nc2ccc(-n3c(C4(c5ccccc5)CC4)nc4cc(C(=O)NC)ccc43)cc2N1.COc1ccc2c(c1)nc(C(C)C)n2-c1ccc2[nH]c(=O)[nH]c2c1.O=c1[nH]c2ccc(-n3c(C(O)c4ccccc4)nc4ccccc43)cc2[nH]1. The van der Waals surface area contributed by atoms with Crippen LogP contribution in [0.4, 0.5) is 22.7 Å². The minimum atomic E-state index is -0.875. The van der Waals surface area contributed by atoms with E-state index in [1.165, 1.54) is 5.56 Å². The molecule has 522 valence electrons. The summed E-state index contributed by atoms with van der Waals surface area (Å²) in [6.45, 7) is 13.8. The fourth-order valence-corrected chi connectivity index (χ4v) is 14.0. The molecule has 0 bridgehead atoms. The first-order valence-electron chi connectivity index (χ1n) is 34.4. The second kappa shape index (κ2) is 26.8. The maximum Gasteiger partial charge on any atom is 0.323 e. The molecule has 23 heteroatoms. The number of carbonyl (C=O) groups is 1. The number of fused-ring (bicyclic) bond motifs is 8. The van der Waals surface area contributed by atoms with E-state index in [-0.39, 0.29) is 28.6 Å². The van der Waals surface area contributed by atoms with Gasteiger partial charge in [-0.2, -0.15) is 0 Å². The van der Waals surface area contributed by atoms with E-state index in [0.717, 1.165) is 154 Å². The van der Waals surface area contributed by atoms with E-state index in [4.69, 9.17) is 14.7 Å². The summed E-state index contributed by atoms with van der Waals surface area (Å²) < 4.78 is 13.6. The maximum atomic E-state index is 12.2. The monoisotopic (exact) mass is 1390 g/mol. The topological polar surface area (TPSA) is 295 Å². The van der Waals surface area contributed by atoms with Crippen molar-refractivity contribution in [1.29, 1.82) is 0 Å². The van der Waals surface area contributed by atoms with Crippen molar-refractivity contribution in [2.75, 3.05) is 35.4 Å². The van der Waals surface area contributed by atoms with Crippen molar-refractivity contribution < 1.29 is 19.7 Å². The number of imidazole rings is 6. The molecule has 6 aromatic heterocycles. The number of para-hydroxylation sites is 4. The van der Waals surface area contributed by atoms with Crippen LogP contribution in [0.3, 0.4) is 0 Å². The van der Waals surface area contributed by atoms with E-state index < -0.39 is 12.2 Å². The first-order chi connectivity index (χ1) is 51.0. The Labute approximate surface area is 600 Å². The van der Waals surface area contributed by atoms with Crippen molar-refractivity contribution in [1.82, 2.24) is 63.5 Å². The molecule has 2 unspecified atom stereocenters. The minimum absolute atomic E-state index is 0.112. The largest absolute Gasteiger partial charge is 0.497 e. The van der Waals surface area contributed by atoms with Gasteiger partial charge in [0.05, 0.1) is 101 Å². The van der Waals surface area contributed by atoms with Gasteiger partial charge < -0.3 is 61.5 Å². The Kier molecular flexibility index (Phi) is 16.9. The average molecular weight is 1390 g/mol. The summed E-state index contributed by atoms with van der Waals surface area (Å²) in [4.78, 5) is 65.6. The molecular weight excluding hydrogens is 1320 g/mol. The van der Waals surface area contributed by atoms with Crippen LogP contribution in [0.1, 0.15) is 96.5 Å². The van der Waals surface area contributed by atoms with Crippen LogP contribution in [0.15, 0.2) is 253 Å². The van der Waals surface area contributed by atoms with Crippen LogP contribution in [0.25, 0.3) is 88.9 Å². The second-order valence-corrected chi connectivity index (χ2v) is 26.4. The number of ether oxygens (including phenoxy) is 1. The Morgan fingerprint density at radius 3 is 1.50 bits per heavy atom. The van der Waals surface area contributed by atoms with Crippen molar-refractivity contribution in [3.8, 4) is 28.5 Å². The third kappa shape index (κ3) is 12.4. The van der Waals surface area contributed by atoms with Crippen molar-refractivity contribution in [2.24, 2.45) is 0 Å². The molecule has 16 aromatic rings. The summed E-state index contributed by atoms with van der Waals surface area (Å²) in [6.07, 6.45) is 0.565. The highest BCUT2D eigenvalue weighted by Gasteiger charge is 2.50. The van der Waals surface area contributed by atoms with Gasteiger partial charge in [-0.25, -0.2) is 29.5 Å². The summed E-state index contributed by atoms with van der Waals surface area (Å²) >= 11 is 0. The first-order valence-corrected chi connectivity index (χ1v) is 34.4. The first kappa shape index (κ1) is 66.1. The zero-order valence-corrected chi connectivity index (χ0v) is 58.0. The summed E-state index contributed by atoms with van der Waals surface area (Å²) in [5.74, 6) is 5.60. The number of methoxy groups -OCH3 is 1. The number of amides is 1. The number of aliphatic hydroxyl groups is 2. The van der Waals surface area contributed by atoms with Crippen LogP contribution in [0, 0.1) is 0 Å². The van der Waals surface area contributed by atoms with Gasteiger partial charge in [0, 0.05) is 47.3 Å². The Morgan fingerprint density at radius 1 is 0.476 bits per heavy atom. The van der Waals surface area contributed by atoms with Crippen LogP contribution in [-0.4, -0.2) is 88.4 Å². The highest BCUT2D eigenvalue weighted by molar-refractivity contribution is 5.98. The normalized spacial score (nSPS) is 13.8. The molecule has 1 saturated carbocycles. The van der Waals surface area contributed by atoms with E-state index in [9.17, 15) is 24.6 Å². The van der Waals surface area contributed by atoms with E-state index in [1.54, 1.807) is 21.1 Å². The molecule has 0 radical (unpaired) electrons. The Bertz CT molecular complexity index is 6200. The predicted octanol–water partition coefficient (Wildman–Crippen LogP) is 14.8. The molecule has 1 aliphatic carbocycles. The number of hydrogen-bond acceptors (Lipinski definition) is 14. The highest BCUT2D eigenvalue weighted by atomic mass is 16.5. The molecule has 2 atom stereocenters. The number of H-pyrrole nitrogens is 4. The molecule has 3 aliphatic rings. The number of aliphatic hydroxyl groups excluding tert-OH is 2. The van der Waals surface area contributed by atoms with Crippen molar-refractivity contribution in [2.45, 2.75) is 57.2 Å². The molecule has 0 spiro atoms. The van der Waals surface area contributed by atoms with Crippen LogP contribution < -0.4 is 42.7 Å². The molecule has 23 nitrogen and oxygen atoms in total. The zero-order valence-electron chi connectivity index (χ0n) is 58.0. The fourth-order valence-electron chi connectivity index (χ4n) is 14.0. The number of nitrogens with zero attached hydrogens (tertiary/aromatic N) is 8. The number of aromatic nitrogens is 12. The molecule has 10 aromatic carbocycles. The lowest BCUT2D eigenvalue weighted by atomic mass is 9.95. The molecule has 19 rings (SSSR count). The van der Waals surface area contributed by atoms with E-state index in [0.29, 0.717) is 22.7 Å². The number of aromatic amines is 4. The number of benzene rings is 10. The van der Waals surface area contributed by atoms with E-state index >= 15 is 0 Å². The van der Waals surface area contributed by atoms with Crippen molar-refractivity contribution in [3.63, 3.8) is 0 Å². The van der Waals surface area contributed by atoms with Crippen LogP contribution >= 0.6 is 0 Å². The van der Waals surface area contributed by atoms with Gasteiger partial charge in [-0.1, -0.05) is 112 Å². The predicted molar refractivity (Wildman–Crippen MR) is 414 cm³/mol. The lowest BCUT2D eigenvalue weighted by Gasteiger charge is -2.19. The summed E-state index contributed by atoms with van der Waals surface area (Å²) in [5, 5.41) is 36.7. The molecular formula is C82H73N17O6. The molecule has 11 N–H and O–H groups in total. The van der Waals surface area contributed by atoms with Gasteiger partial charge in [0.25, 0.3) is 5.91 Å². The lowest BCUT2D eigenvalue weighted by molar-refractivity contribution is 0.0963. The van der Waals surface area contributed by atoms with Gasteiger partial charge in [0.1, 0.15) is 52.9 Å². The van der Waals surface area contributed by atoms with Gasteiger partial charge in [0.2, 0.25) is 0 Å². The highest BCUT2D eigenvalue weighted by Crippen LogP contribution is 2.54. The molecule has 1 amide bonds.